The molecule has 0 amide bonds. The number of carbonyl (C=O) groups is 3. The Morgan fingerprint density at radius 1 is 0.273 bits per heavy atom. The van der Waals surface area contributed by atoms with Crippen molar-refractivity contribution < 1.29 is 28.6 Å². The zero-order valence-corrected chi connectivity index (χ0v) is 51.2. The number of allylic oxidation sites excluding steroid dienone is 12. The molecule has 6 nitrogen and oxygen atoms in total. The lowest BCUT2D eigenvalue weighted by molar-refractivity contribution is -0.167. The largest absolute Gasteiger partial charge is 0.462 e. The first-order valence-electron chi connectivity index (χ1n) is 33.4. The van der Waals surface area contributed by atoms with Gasteiger partial charge in [-0.25, -0.2) is 0 Å². The van der Waals surface area contributed by atoms with Crippen molar-refractivity contribution in [2.24, 2.45) is 0 Å². The van der Waals surface area contributed by atoms with Crippen LogP contribution in [-0.4, -0.2) is 37.2 Å². The first-order valence-corrected chi connectivity index (χ1v) is 33.4. The second-order valence-electron chi connectivity index (χ2n) is 22.4. The van der Waals surface area contributed by atoms with Crippen molar-refractivity contribution in [1.82, 2.24) is 0 Å². The minimum absolute atomic E-state index is 0.0738. The molecule has 1 unspecified atom stereocenters. The van der Waals surface area contributed by atoms with Crippen LogP contribution in [0.2, 0.25) is 0 Å². The fourth-order valence-electron chi connectivity index (χ4n) is 9.70. The van der Waals surface area contributed by atoms with E-state index < -0.39 is 6.10 Å². The summed E-state index contributed by atoms with van der Waals surface area (Å²) in [6.45, 7) is 6.47. The van der Waals surface area contributed by atoms with Crippen LogP contribution in [0.4, 0.5) is 0 Å². The van der Waals surface area contributed by atoms with Crippen LogP contribution < -0.4 is 0 Å². The van der Waals surface area contributed by atoms with E-state index >= 15 is 0 Å². The summed E-state index contributed by atoms with van der Waals surface area (Å²) in [5, 5.41) is 0. The average molecular weight is 1080 g/mol. The fraction of sp³-hybridized carbons (Fsp3) is 0.789. The number of carbonyl (C=O) groups excluding carboxylic acids is 3. The van der Waals surface area contributed by atoms with E-state index in [-0.39, 0.29) is 31.1 Å². The van der Waals surface area contributed by atoms with Crippen LogP contribution in [0.5, 0.6) is 0 Å². The van der Waals surface area contributed by atoms with Crippen molar-refractivity contribution >= 4 is 17.9 Å². The van der Waals surface area contributed by atoms with Crippen molar-refractivity contribution in [3.05, 3.63) is 72.9 Å². The lowest BCUT2D eigenvalue weighted by Crippen LogP contribution is -2.30. The molecule has 0 aromatic heterocycles. The van der Waals surface area contributed by atoms with Crippen LogP contribution in [0.15, 0.2) is 72.9 Å². The SMILES string of the molecule is CC/C=C\C/C=C\C/C=C\C/C=C\CCCCCCCCCCCCC(=O)OC(COC(=O)CCCCCCC)COC(=O)CCCCCCCCCCCCCCCCCCCCC/C=C\C/C=C\CCCCCCC. The Hall–Kier alpha value is -3.15. The minimum Gasteiger partial charge on any atom is -0.462 e. The summed E-state index contributed by atoms with van der Waals surface area (Å²) >= 11 is 0. The molecule has 0 aliphatic rings. The van der Waals surface area contributed by atoms with E-state index in [9.17, 15) is 14.4 Å². The Balaban J connectivity index is 3.96. The zero-order chi connectivity index (χ0) is 55.7. The maximum absolute atomic E-state index is 12.8. The van der Waals surface area contributed by atoms with Gasteiger partial charge in [0.2, 0.25) is 0 Å². The number of ether oxygens (including phenoxy) is 3. The summed E-state index contributed by atoms with van der Waals surface area (Å²) < 4.78 is 16.8. The third-order valence-electron chi connectivity index (χ3n) is 14.7. The molecule has 0 fully saturated rings. The monoisotopic (exact) mass is 1070 g/mol. The molecule has 0 spiro atoms. The van der Waals surface area contributed by atoms with E-state index in [4.69, 9.17) is 14.2 Å². The van der Waals surface area contributed by atoms with Crippen LogP contribution >= 0.6 is 0 Å². The second-order valence-corrected chi connectivity index (χ2v) is 22.4. The van der Waals surface area contributed by atoms with Crippen molar-refractivity contribution in [3.8, 4) is 0 Å². The van der Waals surface area contributed by atoms with Gasteiger partial charge in [-0.05, 0) is 89.9 Å². The number of rotatable bonds is 61. The van der Waals surface area contributed by atoms with Gasteiger partial charge in [-0.3, -0.25) is 14.4 Å². The highest BCUT2D eigenvalue weighted by Gasteiger charge is 2.19. The summed E-state index contributed by atoms with van der Waals surface area (Å²) in [6.07, 6.45) is 85.5. The van der Waals surface area contributed by atoms with E-state index in [1.54, 1.807) is 0 Å². The van der Waals surface area contributed by atoms with E-state index in [1.165, 1.54) is 205 Å². The van der Waals surface area contributed by atoms with Gasteiger partial charge in [0.1, 0.15) is 13.2 Å². The third kappa shape index (κ3) is 63.6. The molecule has 446 valence electrons. The molecule has 0 N–H and O–H groups in total. The van der Waals surface area contributed by atoms with Crippen molar-refractivity contribution in [2.45, 2.75) is 348 Å². The van der Waals surface area contributed by atoms with E-state index in [0.717, 1.165) is 96.3 Å². The number of esters is 3. The summed E-state index contributed by atoms with van der Waals surface area (Å²) in [4.78, 5) is 38.0. The lowest BCUT2D eigenvalue weighted by Gasteiger charge is -2.18. The molecular formula is C71H126O6. The van der Waals surface area contributed by atoms with E-state index in [0.29, 0.717) is 19.3 Å². The van der Waals surface area contributed by atoms with Crippen LogP contribution in [0.3, 0.4) is 0 Å². The molecule has 1 atom stereocenters. The van der Waals surface area contributed by atoms with Gasteiger partial charge in [0.25, 0.3) is 0 Å². The van der Waals surface area contributed by atoms with Crippen LogP contribution in [0, 0.1) is 0 Å². The predicted molar refractivity (Wildman–Crippen MR) is 335 cm³/mol. The van der Waals surface area contributed by atoms with Crippen LogP contribution in [0.1, 0.15) is 342 Å². The van der Waals surface area contributed by atoms with Crippen molar-refractivity contribution in [1.29, 1.82) is 0 Å². The molecular weight excluding hydrogens is 949 g/mol. The smallest absolute Gasteiger partial charge is 0.306 e. The maximum atomic E-state index is 12.8. The van der Waals surface area contributed by atoms with Gasteiger partial charge in [0.15, 0.2) is 6.10 Å². The van der Waals surface area contributed by atoms with Gasteiger partial charge in [0, 0.05) is 19.3 Å². The lowest BCUT2D eigenvalue weighted by atomic mass is 10.0. The van der Waals surface area contributed by atoms with Crippen LogP contribution in [0.25, 0.3) is 0 Å². The number of hydrogen-bond acceptors (Lipinski definition) is 6. The summed E-state index contributed by atoms with van der Waals surface area (Å²) in [7, 11) is 0. The Labute approximate surface area is 478 Å². The average Bonchev–Trinajstić information content (AvgIpc) is 3.43. The Morgan fingerprint density at radius 3 is 0.792 bits per heavy atom. The van der Waals surface area contributed by atoms with Gasteiger partial charge in [-0.15, -0.1) is 0 Å². The first-order chi connectivity index (χ1) is 38.0. The van der Waals surface area contributed by atoms with Gasteiger partial charge in [0.05, 0.1) is 0 Å². The van der Waals surface area contributed by atoms with Gasteiger partial charge in [-0.1, -0.05) is 306 Å². The standard InChI is InChI=1S/C71H126O6/c1-4-7-10-13-15-17-19-21-23-25-27-29-31-32-33-34-35-36-37-38-40-41-43-45-47-49-51-53-55-58-61-64-70(73)76-67-68(66-75-69(72)63-60-57-12-9-6-3)77-71(74)65-62-59-56-54-52-50-48-46-44-42-39-30-28-26-24-22-20-18-16-14-11-8-5-2/h8,11,16,18-19,21-22,24-25,27-28,30,68H,4-7,9-10,12-15,17,20,23,26,29,31-67H2,1-3H3/b11-8-,18-16-,21-19-,24-22-,27-25-,30-28-. The predicted octanol–water partition coefficient (Wildman–Crippen LogP) is 22.9. The minimum atomic E-state index is -0.773. The summed E-state index contributed by atoms with van der Waals surface area (Å²) in [5.74, 6) is -0.877. The zero-order valence-electron chi connectivity index (χ0n) is 51.2. The van der Waals surface area contributed by atoms with Crippen LogP contribution in [-0.2, 0) is 28.6 Å². The molecule has 6 heteroatoms. The van der Waals surface area contributed by atoms with E-state index in [2.05, 4.69) is 93.7 Å². The highest BCUT2D eigenvalue weighted by Crippen LogP contribution is 2.17. The third-order valence-corrected chi connectivity index (χ3v) is 14.7. The Kier molecular flexibility index (Phi) is 62.7. The van der Waals surface area contributed by atoms with Gasteiger partial charge in [-0.2, -0.15) is 0 Å². The molecule has 0 aliphatic carbocycles. The van der Waals surface area contributed by atoms with Gasteiger partial charge < -0.3 is 14.2 Å². The molecule has 0 aromatic carbocycles. The number of hydrogen-bond donors (Lipinski definition) is 0. The molecule has 0 bridgehead atoms. The Bertz CT molecular complexity index is 1420. The molecule has 0 heterocycles. The number of unbranched alkanes of at least 4 members (excludes halogenated alkanes) is 38. The van der Waals surface area contributed by atoms with Gasteiger partial charge >= 0.3 is 17.9 Å². The Morgan fingerprint density at radius 2 is 0.506 bits per heavy atom. The topological polar surface area (TPSA) is 78.9 Å². The molecule has 77 heavy (non-hydrogen) atoms. The van der Waals surface area contributed by atoms with Crippen molar-refractivity contribution in [3.63, 3.8) is 0 Å². The first kappa shape index (κ1) is 73.8. The quantitative estimate of drug-likeness (QED) is 0.0261. The maximum Gasteiger partial charge on any atom is 0.306 e. The summed E-state index contributed by atoms with van der Waals surface area (Å²) in [6, 6.07) is 0. The summed E-state index contributed by atoms with van der Waals surface area (Å²) in [5.41, 5.74) is 0. The molecule has 0 aliphatic heterocycles. The fourth-order valence-corrected chi connectivity index (χ4v) is 9.70. The highest BCUT2D eigenvalue weighted by atomic mass is 16.6. The molecule has 0 radical (unpaired) electrons. The molecule has 0 rings (SSSR count). The molecule has 0 saturated heterocycles. The van der Waals surface area contributed by atoms with Crippen molar-refractivity contribution in [2.75, 3.05) is 13.2 Å². The van der Waals surface area contributed by atoms with E-state index in [1.807, 2.05) is 0 Å². The molecule has 0 saturated carbocycles. The second kappa shape index (κ2) is 65.4. The highest BCUT2D eigenvalue weighted by molar-refractivity contribution is 5.71. The molecule has 0 aromatic rings. The normalized spacial score (nSPS) is 12.5.